The number of carbonyl (C=O) groups excluding carboxylic acids is 1. The fourth-order valence-corrected chi connectivity index (χ4v) is 4.06. The third-order valence-corrected chi connectivity index (χ3v) is 5.17. The fourth-order valence-electron chi connectivity index (χ4n) is 4.06. The largest absolute Gasteiger partial charge is 0.326 e. The molecule has 1 amide bonds. The normalized spacial score (nSPS) is 25.4. The summed E-state index contributed by atoms with van der Waals surface area (Å²) >= 11 is 0. The maximum Gasteiger partial charge on any atom is 0.232 e. The van der Waals surface area contributed by atoms with Crippen LogP contribution in [0.4, 0.5) is 5.69 Å². The molecular weight excluding hydrogens is 345 g/mol. The summed E-state index contributed by atoms with van der Waals surface area (Å²) in [6.07, 6.45) is 4.64. The summed E-state index contributed by atoms with van der Waals surface area (Å²) in [4.78, 5) is 15.1. The number of rotatable bonds is 4. The predicted molar refractivity (Wildman–Crippen MR) is 104 cm³/mol. The summed E-state index contributed by atoms with van der Waals surface area (Å²) in [7, 11) is 4.11. The molecule has 2 atom stereocenters. The molecule has 1 aromatic rings. The van der Waals surface area contributed by atoms with Gasteiger partial charge >= 0.3 is 0 Å². The number of nitrogens with zero attached hydrogens (tertiary/aromatic N) is 1. The number of hydrogen-bond donors (Lipinski definition) is 2. The molecule has 24 heavy (non-hydrogen) atoms. The first kappa shape index (κ1) is 21.2. The zero-order valence-corrected chi connectivity index (χ0v) is 16.1. The molecule has 0 unspecified atom stereocenters. The lowest BCUT2D eigenvalue weighted by Gasteiger charge is -2.37. The SMILES string of the molecule is CN(C)Cc1cccc(NC(=O)[C@@]23CCCC[C@H]2CNC3)c1.Cl.Cl. The van der Waals surface area contributed by atoms with Crippen molar-refractivity contribution in [2.24, 2.45) is 11.3 Å². The summed E-state index contributed by atoms with van der Waals surface area (Å²) in [5, 5.41) is 6.63. The van der Waals surface area contributed by atoms with Gasteiger partial charge in [0.1, 0.15) is 0 Å². The molecule has 1 heterocycles. The van der Waals surface area contributed by atoms with E-state index in [2.05, 4.69) is 41.8 Å². The molecular formula is C18H29Cl2N3O. The molecule has 1 saturated heterocycles. The lowest BCUT2D eigenvalue weighted by atomic mass is 9.67. The molecule has 2 fully saturated rings. The van der Waals surface area contributed by atoms with Gasteiger partial charge in [-0.1, -0.05) is 25.0 Å². The van der Waals surface area contributed by atoms with E-state index in [-0.39, 0.29) is 36.1 Å². The van der Waals surface area contributed by atoms with Crippen molar-refractivity contribution in [1.82, 2.24) is 10.2 Å². The van der Waals surface area contributed by atoms with Crippen LogP contribution in [0.1, 0.15) is 31.2 Å². The summed E-state index contributed by atoms with van der Waals surface area (Å²) in [6, 6.07) is 8.22. The number of amides is 1. The zero-order chi connectivity index (χ0) is 15.6. The summed E-state index contributed by atoms with van der Waals surface area (Å²) in [5.74, 6) is 0.718. The summed E-state index contributed by atoms with van der Waals surface area (Å²) < 4.78 is 0. The molecule has 1 aliphatic carbocycles. The van der Waals surface area contributed by atoms with Crippen LogP contribution in [-0.2, 0) is 11.3 Å². The number of fused-ring (bicyclic) bond motifs is 1. The van der Waals surface area contributed by atoms with E-state index in [0.29, 0.717) is 5.92 Å². The molecule has 2 N–H and O–H groups in total. The van der Waals surface area contributed by atoms with E-state index in [1.165, 1.54) is 24.8 Å². The van der Waals surface area contributed by atoms with Crippen molar-refractivity contribution in [3.05, 3.63) is 29.8 Å². The lowest BCUT2D eigenvalue weighted by Crippen LogP contribution is -2.44. The van der Waals surface area contributed by atoms with Crippen molar-refractivity contribution in [3.63, 3.8) is 0 Å². The smallest absolute Gasteiger partial charge is 0.232 e. The summed E-state index contributed by atoms with van der Waals surface area (Å²) in [6.45, 7) is 2.72. The molecule has 1 aliphatic heterocycles. The molecule has 1 saturated carbocycles. The molecule has 0 aromatic heterocycles. The summed E-state index contributed by atoms with van der Waals surface area (Å²) in [5.41, 5.74) is 1.97. The molecule has 0 bridgehead atoms. The highest BCUT2D eigenvalue weighted by Gasteiger charge is 2.49. The van der Waals surface area contributed by atoms with E-state index in [1.54, 1.807) is 0 Å². The van der Waals surface area contributed by atoms with Gasteiger partial charge in [-0.25, -0.2) is 0 Å². The van der Waals surface area contributed by atoms with E-state index >= 15 is 0 Å². The maximum absolute atomic E-state index is 12.9. The van der Waals surface area contributed by atoms with E-state index < -0.39 is 0 Å². The van der Waals surface area contributed by atoms with E-state index in [0.717, 1.165) is 31.7 Å². The average Bonchev–Trinajstić information content (AvgIpc) is 2.92. The number of halogens is 2. The van der Waals surface area contributed by atoms with E-state index in [4.69, 9.17) is 0 Å². The van der Waals surface area contributed by atoms with Crippen molar-refractivity contribution in [2.45, 2.75) is 32.2 Å². The molecule has 6 heteroatoms. The quantitative estimate of drug-likeness (QED) is 0.850. The second kappa shape index (κ2) is 9.04. The van der Waals surface area contributed by atoms with Crippen LogP contribution in [0.2, 0.25) is 0 Å². The molecule has 136 valence electrons. The highest BCUT2D eigenvalue weighted by atomic mass is 35.5. The standard InChI is InChI=1S/C18H27N3O.2ClH/c1-21(2)12-14-6-5-8-16(10-14)20-17(22)18-9-4-3-7-15(18)11-19-13-18;;/h5-6,8,10,15,19H,3-4,7,9,11-13H2,1-2H3,(H,20,22);2*1H/t15-,18+;;/m0../s1. The Bertz CT molecular complexity index is 553. The average molecular weight is 374 g/mol. The Morgan fingerprint density at radius 3 is 2.88 bits per heavy atom. The van der Waals surface area contributed by atoms with E-state index in [1.807, 2.05) is 12.1 Å². The van der Waals surface area contributed by atoms with Crippen LogP contribution < -0.4 is 10.6 Å². The first-order valence-corrected chi connectivity index (χ1v) is 8.36. The Kier molecular flexibility index (Phi) is 8.00. The van der Waals surface area contributed by atoms with Crippen LogP contribution in [0.5, 0.6) is 0 Å². The van der Waals surface area contributed by atoms with Crippen molar-refractivity contribution in [3.8, 4) is 0 Å². The van der Waals surface area contributed by atoms with Gasteiger partial charge in [0.05, 0.1) is 5.41 Å². The molecule has 1 aromatic carbocycles. The second-order valence-corrected chi connectivity index (χ2v) is 7.12. The van der Waals surface area contributed by atoms with Gasteiger partial charge in [0, 0.05) is 18.8 Å². The topological polar surface area (TPSA) is 44.4 Å². The molecule has 3 rings (SSSR count). The van der Waals surface area contributed by atoms with Gasteiger partial charge in [-0.05, 0) is 57.1 Å². The third-order valence-electron chi connectivity index (χ3n) is 5.17. The third kappa shape index (κ3) is 4.42. The van der Waals surface area contributed by atoms with Gasteiger partial charge in [0.15, 0.2) is 0 Å². The van der Waals surface area contributed by atoms with Gasteiger partial charge < -0.3 is 15.5 Å². The van der Waals surface area contributed by atoms with Crippen molar-refractivity contribution >= 4 is 36.4 Å². The van der Waals surface area contributed by atoms with E-state index in [9.17, 15) is 4.79 Å². The van der Waals surface area contributed by atoms with Gasteiger partial charge in [-0.15, -0.1) is 24.8 Å². The molecule has 2 aliphatic rings. The highest BCUT2D eigenvalue weighted by molar-refractivity contribution is 5.96. The number of carbonyl (C=O) groups is 1. The van der Waals surface area contributed by atoms with Gasteiger partial charge in [-0.3, -0.25) is 4.79 Å². The Balaban J connectivity index is 0.00000144. The number of hydrogen-bond acceptors (Lipinski definition) is 3. The van der Waals surface area contributed by atoms with Crippen LogP contribution in [-0.4, -0.2) is 38.0 Å². The van der Waals surface area contributed by atoms with Crippen LogP contribution in [0.15, 0.2) is 24.3 Å². The van der Waals surface area contributed by atoms with Crippen molar-refractivity contribution < 1.29 is 4.79 Å². The first-order chi connectivity index (χ1) is 10.6. The highest BCUT2D eigenvalue weighted by Crippen LogP contribution is 2.44. The van der Waals surface area contributed by atoms with Crippen LogP contribution in [0.25, 0.3) is 0 Å². The number of nitrogens with one attached hydrogen (secondary N) is 2. The molecule has 4 nitrogen and oxygen atoms in total. The first-order valence-electron chi connectivity index (χ1n) is 8.36. The Hall–Kier alpha value is -0.810. The molecule has 0 radical (unpaired) electrons. The predicted octanol–water partition coefficient (Wildman–Crippen LogP) is 3.31. The second-order valence-electron chi connectivity index (χ2n) is 7.12. The zero-order valence-electron chi connectivity index (χ0n) is 14.5. The Morgan fingerprint density at radius 1 is 1.33 bits per heavy atom. The number of benzene rings is 1. The van der Waals surface area contributed by atoms with Crippen LogP contribution in [0, 0.1) is 11.3 Å². The minimum atomic E-state index is -0.185. The van der Waals surface area contributed by atoms with Crippen LogP contribution >= 0.6 is 24.8 Å². The van der Waals surface area contributed by atoms with Gasteiger partial charge in [0.25, 0.3) is 0 Å². The number of anilines is 1. The monoisotopic (exact) mass is 373 g/mol. The van der Waals surface area contributed by atoms with Crippen molar-refractivity contribution in [2.75, 3.05) is 32.5 Å². The van der Waals surface area contributed by atoms with Crippen molar-refractivity contribution in [1.29, 1.82) is 0 Å². The van der Waals surface area contributed by atoms with Gasteiger partial charge in [-0.2, -0.15) is 0 Å². The fraction of sp³-hybridized carbons (Fsp3) is 0.611. The van der Waals surface area contributed by atoms with Crippen LogP contribution in [0.3, 0.4) is 0 Å². The van der Waals surface area contributed by atoms with Gasteiger partial charge in [0.2, 0.25) is 5.91 Å². The minimum absolute atomic E-state index is 0. The molecule has 0 spiro atoms. The maximum atomic E-state index is 12.9. The Morgan fingerprint density at radius 2 is 2.12 bits per heavy atom. The Labute approximate surface area is 157 Å². The minimum Gasteiger partial charge on any atom is -0.326 e. The lowest BCUT2D eigenvalue weighted by molar-refractivity contribution is -0.128.